The number of rotatable bonds is 1. The lowest BCUT2D eigenvalue weighted by molar-refractivity contribution is 0.0382. The number of nitrogens with one attached hydrogen (secondary N) is 1. The van der Waals surface area contributed by atoms with Gasteiger partial charge in [-0.2, -0.15) is 5.26 Å². The van der Waals surface area contributed by atoms with Crippen LogP contribution in [0.25, 0.3) is 10.9 Å². The first-order valence-corrected chi connectivity index (χ1v) is 8.27. The van der Waals surface area contributed by atoms with Gasteiger partial charge in [-0.25, -0.2) is 0 Å². The van der Waals surface area contributed by atoms with E-state index in [9.17, 15) is 10.1 Å². The van der Waals surface area contributed by atoms with Gasteiger partial charge in [0, 0.05) is 24.7 Å². The van der Waals surface area contributed by atoms with Gasteiger partial charge in [-0.3, -0.25) is 9.78 Å². The average Bonchev–Trinajstić information content (AvgIpc) is 2.53. The lowest BCUT2D eigenvalue weighted by atomic mass is 9.58. The van der Waals surface area contributed by atoms with Crippen molar-refractivity contribution in [2.45, 2.75) is 32.6 Å². The van der Waals surface area contributed by atoms with Crippen molar-refractivity contribution in [1.82, 2.24) is 9.97 Å². The van der Waals surface area contributed by atoms with Crippen LogP contribution < -0.4 is 10.5 Å². The summed E-state index contributed by atoms with van der Waals surface area (Å²) in [6.07, 6.45) is 8.33. The van der Waals surface area contributed by atoms with E-state index < -0.39 is 0 Å². The molecule has 2 aromatic rings. The van der Waals surface area contributed by atoms with Crippen LogP contribution in [0, 0.1) is 22.7 Å². The molecular formula is C18H20N4O. The second-order valence-corrected chi connectivity index (χ2v) is 7.21. The predicted octanol–water partition coefficient (Wildman–Crippen LogP) is 2.81. The van der Waals surface area contributed by atoms with E-state index in [0.29, 0.717) is 10.9 Å². The number of nitriles is 1. The number of aromatic amines is 1. The van der Waals surface area contributed by atoms with E-state index in [2.05, 4.69) is 27.9 Å². The van der Waals surface area contributed by atoms with Crippen LogP contribution in [0.2, 0.25) is 0 Å². The lowest BCUT2D eigenvalue weighted by Gasteiger charge is -2.52. The zero-order valence-electron chi connectivity index (χ0n) is 13.3. The Morgan fingerprint density at radius 1 is 1.39 bits per heavy atom. The Hall–Kier alpha value is -2.35. The van der Waals surface area contributed by atoms with Gasteiger partial charge in [0.25, 0.3) is 5.56 Å². The van der Waals surface area contributed by atoms with Crippen molar-refractivity contribution in [2.24, 2.45) is 11.3 Å². The molecule has 5 heteroatoms. The summed E-state index contributed by atoms with van der Waals surface area (Å²) in [6, 6.07) is 3.99. The van der Waals surface area contributed by atoms with Gasteiger partial charge in [0.1, 0.15) is 11.6 Å². The van der Waals surface area contributed by atoms with Crippen molar-refractivity contribution >= 4 is 16.6 Å². The van der Waals surface area contributed by atoms with E-state index >= 15 is 0 Å². The number of H-pyrrole nitrogens is 1. The molecule has 1 spiro atoms. The normalized spacial score (nSPS) is 20.4. The first kappa shape index (κ1) is 14.3. The molecule has 5 nitrogen and oxygen atoms in total. The van der Waals surface area contributed by atoms with Crippen LogP contribution in [-0.4, -0.2) is 23.1 Å². The summed E-state index contributed by atoms with van der Waals surface area (Å²) in [4.78, 5) is 21.3. The number of fused-ring (bicyclic) bond motifs is 1. The third-order valence-corrected chi connectivity index (χ3v) is 5.60. The highest BCUT2D eigenvalue weighted by Gasteiger charge is 2.44. The van der Waals surface area contributed by atoms with Crippen LogP contribution in [-0.2, 0) is 0 Å². The maximum absolute atomic E-state index is 12.2. The molecule has 2 fully saturated rings. The fourth-order valence-corrected chi connectivity index (χ4v) is 4.59. The first-order chi connectivity index (χ1) is 11.1. The van der Waals surface area contributed by atoms with E-state index in [4.69, 9.17) is 0 Å². The van der Waals surface area contributed by atoms with E-state index in [1.807, 2.05) is 6.07 Å². The van der Waals surface area contributed by atoms with Gasteiger partial charge in [-0.15, -0.1) is 0 Å². The van der Waals surface area contributed by atoms with Crippen LogP contribution in [0.5, 0.6) is 0 Å². The summed E-state index contributed by atoms with van der Waals surface area (Å²) in [5.74, 6) is 0.850. The monoisotopic (exact) mass is 308 g/mol. The van der Waals surface area contributed by atoms with Crippen molar-refractivity contribution < 1.29 is 0 Å². The number of nitrogens with zero attached hydrogens (tertiary/aromatic N) is 3. The summed E-state index contributed by atoms with van der Waals surface area (Å²) in [5, 5.41) is 10.4. The molecule has 1 aliphatic heterocycles. The number of pyridine rings is 2. The maximum Gasteiger partial charge on any atom is 0.268 e. The molecule has 118 valence electrons. The molecule has 2 aromatic heterocycles. The quantitative estimate of drug-likeness (QED) is 0.879. The zero-order valence-corrected chi connectivity index (χ0v) is 13.3. The molecule has 1 saturated heterocycles. The van der Waals surface area contributed by atoms with Crippen molar-refractivity contribution in [2.75, 3.05) is 18.0 Å². The molecule has 0 bridgehead atoms. The molecule has 4 rings (SSSR count). The Kier molecular flexibility index (Phi) is 3.15. The minimum atomic E-state index is -0.319. The zero-order chi connectivity index (χ0) is 16.0. The van der Waals surface area contributed by atoms with E-state index in [0.717, 1.165) is 42.9 Å². The number of anilines is 1. The molecule has 0 unspecified atom stereocenters. The SMILES string of the molecule is CC1CC2(CCN(c3c(C#N)c(=O)[nH]c4cnccc34)CC2)C1. The highest BCUT2D eigenvalue weighted by atomic mass is 16.1. The number of aromatic nitrogens is 2. The maximum atomic E-state index is 12.2. The molecule has 0 amide bonds. The Morgan fingerprint density at radius 2 is 2.13 bits per heavy atom. The molecule has 3 heterocycles. The van der Waals surface area contributed by atoms with Gasteiger partial charge in [-0.05, 0) is 43.1 Å². The molecule has 23 heavy (non-hydrogen) atoms. The van der Waals surface area contributed by atoms with Crippen molar-refractivity contribution in [1.29, 1.82) is 5.26 Å². The van der Waals surface area contributed by atoms with Crippen molar-refractivity contribution in [3.63, 3.8) is 0 Å². The minimum absolute atomic E-state index is 0.224. The van der Waals surface area contributed by atoms with Crippen LogP contribution in [0.4, 0.5) is 5.69 Å². The van der Waals surface area contributed by atoms with Crippen molar-refractivity contribution in [3.8, 4) is 6.07 Å². The van der Waals surface area contributed by atoms with E-state index in [-0.39, 0.29) is 11.1 Å². The first-order valence-electron chi connectivity index (χ1n) is 8.27. The number of hydrogen-bond acceptors (Lipinski definition) is 4. The van der Waals surface area contributed by atoms with Gasteiger partial charge in [0.15, 0.2) is 0 Å². The fraction of sp³-hybridized carbons (Fsp3) is 0.500. The van der Waals surface area contributed by atoms with Gasteiger partial charge in [-0.1, -0.05) is 6.92 Å². The van der Waals surface area contributed by atoms with E-state index in [1.165, 1.54) is 12.8 Å². The van der Waals surface area contributed by atoms with Crippen LogP contribution >= 0.6 is 0 Å². The molecular weight excluding hydrogens is 288 g/mol. The largest absolute Gasteiger partial charge is 0.370 e. The third-order valence-electron chi connectivity index (χ3n) is 5.60. The topological polar surface area (TPSA) is 72.8 Å². The molecule has 0 aromatic carbocycles. The fourth-order valence-electron chi connectivity index (χ4n) is 4.59. The lowest BCUT2D eigenvalue weighted by Crippen LogP contribution is -2.47. The Bertz CT molecular complexity index is 847. The summed E-state index contributed by atoms with van der Waals surface area (Å²) in [5.41, 5.74) is 1.91. The summed E-state index contributed by atoms with van der Waals surface area (Å²) >= 11 is 0. The van der Waals surface area contributed by atoms with Gasteiger partial charge < -0.3 is 9.88 Å². The van der Waals surface area contributed by atoms with Crippen molar-refractivity contribution in [3.05, 3.63) is 34.4 Å². The third kappa shape index (κ3) is 2.21. The van der Waals surface area contributed by atoms with Crippen LogP contribution in [0.15, 0.2) is 23.3 Å². The van der Waals surface area contributed by atoms with Crippen LogP contribution in [0.3, 0.4) is 0 Å². The molecule has 1 aliphatic carbocycles. The summed E-state index contributed by atoms with van der Waals surface area (Å²) in [6.45, 7) is 4.16. The highest BCUT2D eigenvalue weighted by molar-refractivity contribution is 5.93. The Balaban J connectivity index is 1.74. The molecule has 0 atom stereocenters. The minimum Gasteiger partial charge on any atom is -0.370 e. The predicted molar refractivity (Wildman–Crippen MR) is 89.4 cm³/mol. The molecule has 1 N–H and O–H groups in total. The van der Waals surface area contributed by atoms with Gasteiger partial charge in [0.2, 0.25) is 0 Å². The second kappa shape index (κ2) is 5.09. The number of hydrogen-bond donors (Lipinski definition) is 1. The molecule has 1 saturated carbocycles. The molecule has 0 radical (unpaired) electrons. The number of piperidine rings is 1. The van der Waals surface area contributed by atoms with Crippen LogP contribution in [0.1, 0.15) is 38.2 Å². The highest BCUT2D eigenvalue weighted by Crippen LogP contribution is 2.52. The average molecular weight is 308 g/mol. The molecule has 2 aliphatic rings. The van der Waals surface area contributed by atoms with E-state index in [1.54, 1.807) is 12.4 Å². The Labute approximate surface area is 135 Å². The summed E-state index contributed by atoms with van der Waals surface area (Å²) < 4.78 is 0. The Morgan fingerprint density at radius 3 is 2.78 bits per heavy atom. The smallest absolute Gasteiger partial charge is 0.268 e. The summed E-state index contributed by atoms with van der Waals surface area (Å²) in [7, 11) is 0. The van der Waals surface area contributed by atoms with Gasteiger partial charge in [0.05, 0.1) is 17.4 Å². The van der Waals surface area contributed by atoms with Gasteiger partial charge >= 0.3 is 0 Å². The second-order valence-electron chi connectivity index (χ2n) is 7.21. The standard InChI is InChI=1S/C18H20N4O/c1-12-8-18(9-12)3-6-22(7-4-18)16-13-2-5-20-11-15(13)21-17(23)14(16)10-19/h2,5,11-12H,3-4,6-9H2,1H3,(H,21,23).